The van der Waals surface area contributed by atoms with Crippen LogP contribution in [0, 0.1) is 5.92 Å². The second kappa shape index (κ2) is 4.72. The molecule has 1 aromatic rings. The zero-order chi connectivity index (χ0) is 11.4. The highest BCUT2D eigenvalue weighted by Crippen LogP contribution is 2.00. The molecule has 82 valence electrons. The van der Waals surface area contributed by atoms with Gasteiger partial charge in [0.15, 0.2) is 0 Å². The van der Waals surface area contributed by atoms with Crippen LogP contribution in [-0.2, 0) is 0 Å². The van der Waals surface area contributed by atoms with Crippen LogP contribution in [0.15, 0.2) is 16.9 Å². The SMILES string of the molecule is CC(C)C(C)NC(=O)c1ccc(=O)[nH]n1. The second-order valence-corrected chi connectivity index (χ2v) is 3.81. The van der Waals surface area contributed by atoms with Gasteiger partial charge in [0.2, 0.25) is 0 Å². The van der Waals surface area contributed by atoms with Crippen LogP contribution >= 0.6 is 0 Å². The Hall–Kier alpha value is -1.65. The van der Waals surface area contributed by atoms with Gasteiger partial charge in [-0.25, -0.2) is 5.10 Å². The van der Waals surface area contributed by atoms with Crippen molar-refractivity contribution in [2.45, 2.75) is 26.8 Å². The van der Waals surface area contributed by atoms with Crippen LogP contribution in [0.3, 0.4) is 0 Å². The maximum atomic E-state index is 11.6. The van der Waals surface area contributed by atoms with Crippen molar-refractivity contribution in [3.05, 3.63) is 28.2 Å². The van der Waals surface area contributed by atoms with Crippen molar-refractivity contribution in [2.24, 2.45) is 5.92 Å². The van der Waals surface area contributed by atoms with Crippen LogP contribution < -0.4 is 10.9 Å². The van der Waals surface area contributed by atoms with Gasteiger partial charge in [-0.1, -0.05) is 13.8 Å². The normalized spacial score (nSPS) is 12.5. The Labute approximate surface area is 87.9 Å². The summed E-state index contributed by atoms with van der Waals surface area (Å²) >= 11 is 0. The third-order valence-corrected chi connectivity index (χ3v) is 2.27. The van der Waals surface area contributed by atoms with E-state index in [4.69, 9.17) is 0 Å². The molecule has 2 N–H and O–H groups in total. The lowest BCUT2D eigenvalue weighted by Gasteiger charge is -2.16. The van der Waals surface area contributed by atoms with Crippen LogP contribution in [0.2, 0.25) is 0 Å². The lowest BCUT2D eigenvalue weighted by atomic mass is 10.1. The van der Waals surface area contributed by atoms with Gasteiger partial charge >= 0.3 is 0 Å². The maximum Gasteiger partial charge on any atom is 0.271 e. The molecule has 0 radical (unpaired) electrons. The zero-order valence-electron chi connectivity index (χ0n) is 9.07. The Morgan fingerprint density at radius 2 is 2.07 bits per heavy atom. The summed E-state index contributed by atoms with van der Waals surface area (Å²) in [7, 11) is 0. The van der Waals surface area contributed by atoms with Crippen molar-refractivity contribution in [3.8, 4) is 0 Å². The molecule has 1 unspecified atom stereocenters. The molecule has 5 nitrogen and oxygen atoms in total. The lowest BCUT2D eigenvalue weighted by Crippen LogP contribution is -2.36. The number of nitrogens with zero attached hydrogens (tertiary/aromatic N) is 1. The average Bonchev–Trinajstić information content (AvgIpc) is 2.18. The summed E-state index contributed by atoms with van der Waals surface area (Å²) in [4.78, 5) is 22.3. The minimum Gasteiger partial charge on any atom is -0.348 e. The molecule has 5 heteroatoms. The topological polar surface area (TPSA) is 74.8 Å². The van der Waals surface area contributed by atoms with Gasteiger partial charge < -0.3 is 5.32 Å². The first-order valence-corrected chi connectivity index (χ1v) is 4.87. The first-order valence-electron chi connectivity index (χ1n) is 4.87. The highest BCUT2D eigenvalue weighted by Gasteiger charge is 2.13. The number of aromatic amines is 1. The van der Waals surface area contributed by atoms with E-state index in [0.29, 0.717) is 5.92 Å². The minimum absolute atomic E-state index is 0.0752. The van der Waals surface area contributed by atoms with Gasteiger partial charge in [-0.2, -0.15) is 5.10 Å². The van der Waals surface area contributed by atoms with E-state index in [9.17, 15) is 9.59 Å². The summed E-state index contributed by atoms with van der Waals surface area (Å²) in [6, 6.07) is 2.76. The molecule has 0 bridgehead atoms. The van der Waals surface area contributed by atoms with Crippen LogP contribution in [0.5, 0.6) is 0 Å². The number of nitrogens with one attached hydrogen (secondary N) is 2. The van der Waals surface area contributed by atoms with Gasteiger partial charge in [-0.05, 0) is 18.9 Å². The van der Waals surface area contributed by atoms with Gasteiger partial charge in [0.25, 0.3) is 11.5 Å². The summed E-state index contributed by atoms with van der Waals surface area (Å²) in [6.45, 7) is 5.96. The van der Waals surface area contributed by atoms with E-state index in [1.165, 1.54) is 12.1 Å². The molecule has 1 heterocycles. The molecule has 0 fully saturated rings. The number of rotatable bonds is 3. The van der Waals surface area contributed by atoms with E-state index < -0.39 is 0 Å². The number of carbonyl (C=O) groups is 1. The van der Waals surface area contributed by atoms with Crippen molar-refractivity contribution in [1.29, 1.82) is 0 Å². The molecule has 15 heavy (non-hydrogen) atoms. The number of carbonyl (C=O) groups excluding carboxylic acids is 1. The molecule has 0 aromatic carbocycles. The fourth-order valence-corrected chi connectivity index (χ4v) is 0.918. The van der Waals surface area contributed by atoms with Crippen molar-refractivity contribution < 1.29 is 4.79 Å². The van der Waals surface area contributed by atoms with E-state index in [1.54, 1.807) is 0 Å². The van der Waals surface area contributed by atoms with Crippen molar-refractivity contribution >= 4 is 5.91 Å². The maximum absolute atomic E-state index is 11.6. The zero-order valence-corrected chi connectivity index (χ0v) is 9.07. The first kappa shape index (κ1) is 11.4. The Morgan fingerprint density at radius 1 is 1.40 bits per heavy atom. The molecular weight excluding hydrogens is 194 g/mol. The highest BCUT2D eigenvalue weighted by atomic mass is 16.2. The molecule has 1 aromatic heterocycles. The van der Waals surface area contributed by atoms with Gasteiger partial charge in [-0.3, -0.25) is 9.59 Å². The van der Waals surface area contributed by atoms with Crippen molar-refractivity contribution in [2.75, 3.05) is 0 Å². The molecule has 0 spiro atoms. The smallest absolute Gasteiger partial charge is 0.271 e. The minimum atomic E-state index is -0.316. The predicted octanol–water partition coefficient (Wildman–Crippen LogP) is 0.544. The van der Waals surface area contributed by atoms with E-state index in [2.05, 4.69) is 15.5 Å². The number of hydrogen-bond donors (Lipinski definition) is 2. The van der Waals surface area contributed by atoms with Crippen LogP contribution in [0.4, 0.5) is 0 Å². The quantitative estimate of drug-likeness (QED) is 0.763. The first-order chi connectivity index (χ1) is 7.00. The van der Waals surface area contributed by atoms with Gasteiger partial charge in [-0.15, -0.1) is 0 Å². The summed E-state index contributed by atoms with van der Waals surface area (Å²) in [6.07, 6.45) is 0. The summed E-state index contributed by atoms with van der Waals surface area (Å²) in [5, 5.41) is 8.65. The largest absolute Gasteiger partial charge is 0.348 e. The Morgan fingerprint density at radius 3 is 2.53 bits per heavy atom. The average molecular weight is 209 g/mol. The van der Waals surface area contributed by atoms with Gasteiger partial charge in [0.1, 0.15) is 5.69 Å². The van der Waals surface area contributed by atoms with Crippen LogP contribution in [0.25, 0.3) is 0 Å². The molecule has 1 atom stereocenters. The van der Waals surface area contributed by atoms with E-state index in [0.717, 1.165) is 0 Å². The Balaban J connectivity index is 2.69. The van der Waals surface area contributed by atoms with Gasteiger partial charge in [0, 0.05) is 12.1 Å². The standard InChI is InChI=1S/C10H15N3O2/c1-6(2)7(3)11-10(15)8-4-5-9(14)13-12-8/h4-7H,1-3H3,(H,11,15)(H,13,14). The number of aromatic nitrogens is 2. The number of H-pyrrole nitrogens is 1. The van der Waals surface area contributed by atoms with Crippen LogP contribution in [0.1, 0.15) is 31.3 Å². The van der Waals surface area contributed by atoms with E-state index in [-0.39, 0.29) is 23.2 Å². The molecule has 0 saturated carbocycles. The molecule has 0 saturated heterocycles. The molecule has 0 aliphatic carbocycles. The van der Waals surface area contributed by atoms with Crippen molar-refractivity contribution in [3.63, 3.8) is 0 Å². The third kappa shape index (κ3) is 3.19. The fraction of sp³-hybridized carbons (Fsp3) is 0.500. The summed E-state index contributed by atoms with van der Waals surface area (Å²) < 4.78 is 0. The number of hydrogen-bond acceptors (Lipinski definition) is 3. The molecule has 0 aliphatic heterocycles. The van der Waals surface area contributed by atoms with Gasteiger partial charge in [0.05, 0.1) is 0 Å². The molecule has 0 aliphatic rings. The number of amides is 1. The monoisotopic (exact) mass is 209 g/mol. The third-order valence-electron chi connectivity index (χ3n) is 2.27. The predicted molar refractivity (Wildman–Crippen MR) is 56.6 cm³/mol. The molecule has 1 rings (SSSR count). The van der Waals surface area contributed by atoms with Crippen LogP contribution in [-0.4, -0.2) is 22.1 Å². The summed E-state index contributed by atoms with van der Waals surface area (Å²) in [5.41, 5.74) is -0.0921. The van der Waals surface area contributed by atoms with E-state index in [1.807, 2.05) is 20.8 Å². The molecule has 1 amide bonds. The lowest BCUT2D eigenvalue weighted by molar-refractivity contribution is 0.0924. The highest BCUT2D eigenvalue weighted by molar-refractivity contribution is 5.92. The fourth-order valence-electron chi connectivity index (χ4n) is 0.918. The Bertz CT molecular complexity index is 377. The Kier molecular flexibility index (Phi) is 3.60. The summed E-state index contributed by atoms with van der Waals surface area (Å²) in [5.74, 6) is 0.0872. The van der Waals surface area contributed by atoms with E-state index >= 15 is 0 Å². The molecular formula is C10H15N3O2. The van der Waals surface area contributed by atoms with Crippen molar-refractivity contribution in [1.82, 2.24) is 15.5 Å². The second-order valence-electron chi connectivity index (χ2n) is 3.81.